The molecule has 2 nitrogen and oxygen atoms in total. The molecular formula is C13H22O2. The lowest BCUT2D eigenvalue weighted by Gasteiger charge is -2.40. The fourth-order valence-electron chi connectivity index (χ4n) is 3.67. The Bertz CT molecular complexity index is 282. The van der Waals surface area contributed by atoms with E-state index in [-0.39, 0.29) is 16.9 Å². The molecule has 0 unspecified atom stereocenters. The summed E-state index contributed by atoms with van der Waals surface area (Å²) >= 11 is 0. The van der Waals surface area contributed by atoms with Gasteiger partial charge in [0.2, 0.25) is 0 Å². The summed E-state index contributed by atoms with van der Waals surface area (Å²) in [6.07, 6.45) is 3.04. The first-order chi connectivity index (χ1) is 6.95. The van der Waals surface area contributed by atoms with Gasteiger partial charge in [-0.25, -0.2) is 0 Å². The predicted octanol–water partition coefficient (Wildman–Crippen LogP) is 2.38. The Hall–Kier alpha value is -0.340. The van der Waals surface area contributed by atoms with Crippen molar-refractivity contribution in [2.75, 3.05) is 13.7 Å². The van der Waals surface area contributed by atoms with Crippen LogP contribution in [0.5, 0.6) is 0 Å². The van der Waals surface area contributed by atoms with E-state index in [1.54, 1.807) is 7.11 Å². The number of rotatable bonds is 3. The Morgan fingerprint density at radius 1 is 1.60 bits per heavy atom. The standard InChI is InChI=1S/C13H22O2/c1-9-12(2,3)10-5-6-13(9,7-10)11(14)8-15-4/h10-11,14H,1,5-8H2,2-4H3/t10-,11+,13-/m1/s1. The summed E-state index contributed by atoms with van der Waals surface area (Å²) < 4.78 is 5.09. The SMILES string of the molecule is C=C1C(C)(C)[C@@H]2CC[C@@]1([C@@H](O)COC)C2. The average molecular weight is 210 g/mol. The summed E-state index contributed by atoms with van der Waals surface area (Å²) in [5.74, 6) is 0.705. The first kappa shape index (κ1) is 11.2. The second-order valence-corrected chi connectivity index (χ2v) is 5.77. The maximum Gasteiger partial charge on any atom is 0.0866 e. The van der Waals surface area contributed by atoms with Crippen LogP contribution >= 0.6 is 0 Å². The minimum Gasteiger partial charge on any atom is -0.390 e. The summed E-state index contributed by atoms with van der Waals surface area (Å²) in [6.45, 7) is 9.21. The van der Waals surface area contributed by atoms with E-state index in [0.29, 0.717) is 12.5 Å². The van der Waals surface area contributed by atoms with E-state index >= 15 is 0 Å². The van der Waals surface area contributed by atoms with Gasteiger partial charge in [0.05, 0.1) is 12.7 Å². The van der Waals surface area contributed by atoms with Gasteiger partial charge in [0.25, 0.3) is 0 Å². The first-order valence-electron chi connectivity index (χ1n) is 5.82. The monoisotopic (exact) mass is 210 g/mol. The Balaban J connectivity index is 2.27. The number of fused-ring (bicyclic) bond motifs is 2. The molecule has 86 valence electrons. The largest absolute Gasteiger partial charge is 0.390 e. The van der Waals surface area contributed by atoms with Crippen molar-refractivity contribution in [3.05, 3.63) is 12.2 Å². The van der Waals surface area contributed by atoms with Gasteiger partial charge in [-0.1, -0.05) is 26.0 Å². The van der Waals surface area contributed by atoms with Gasteiger partial charge in [0.15, 0.2) is 0 Å². The van der Waals surface area contributed by atoms with Crippen molar-refractivity contribution in [1.29, 1.82) is 0 Å². The molecule has 0 spiro atoms. The van der Waals surface area contributed by atoms with E-state index < -0.39 is 0 Å². The molecule has 3 atom stereocenters. The zero-order valence-corrected chi connectivity index (χ0v) is 10.0. The molecule has 1 N–H and O–H groups in total. The fourth-order valence-corrected chi connectivity index (χ4v) is 3.67. The molecule has 0 heterocycles. The van der Waals surface area contributed by atoms with Gasteiger partial charge in [-0.2, -0.15) is 0 Å². The smallest absolute Gasteiger partial charge is 0.0866 e. The zero-order chi connectivity index (χ0) is 11.3. The van der Waals surface area contributed by atoms with Crippen molar-refractivity contribution in [2.45, 2.75) is 39.2 Å². The highest BCUT2D eigenvalue weighted by atomic mass is 16.5. The highest BCUT2D eigenvalue weighted by molar-refractivity contribution is 5.31. The molecule has 0 aromatic carbocycles. The van der Waals surface area contributed by atoms with Crippen molar-refractivity contribution in [3.8, 4) is 0 Å². The molecule has 2 bridgehead atoms. The van der Waals surface area contributed by atoms with Gasteiger partial charge in [0, 0.05) is 12.5 Å². The number of aliphatic hydroxyl groups is 1. The maximum atomic E-state index is 10.2. The van der Waals surface area contributed by atoms with Gasteiger partial charge < -0.3 is 9.84 Å². The molecule has 2 aliphatic carbocycles. The molecular weight excluding hydrogens is 188 g/mol. The normalized spacial score (nSPS) is 39.7. The quantitative estimate of drug-likeness (QED) is 0.725. The summed E-state index contributed by atoms with van der Waals surface area (Å²) in [7, 11) is 1.65. The second kappa shape index (κ2) is 3.33. The molecule has 0 radical (unpaired) electrons. The minimum atomic E-state index is -0.373. The van der Waals surface area contributed by atoms with Crippen LogP contribution in [0.1, 0.15) is 33.1 Å². The molecule has 0 aromatic rings. The summed E-state index contributed by atoms with van der Waals surface area (Å²) in [5.41, 5.74) is 1.40. The van der Waals surface area contributed by atoms with Gasteiger partial charge in [-0.05, 0) is 30.6 Å². The number of methoxy groups -OCH3 is 1. The molecule has 2 saturated carbocycles. The van der Waals surface area contributed by atoms with E-state index in [2.05, 4.69) is 20.4 Å². The number of ether oxygens (including phenoxy) is 1. The second-order valence-electron chi connectivity index (χ2n) is 5.77. The van der Waals surface area contributed by atoms with Crippen LogP contribution in [-0.2, 0) is 4.74 Å². The minimum absolute atomic E-state index is 0.0514. The van der Waals surface area contributed by atoms with Crippen LogP contribution in [0, 0.1) is 16.7 Å². The summed E-state index contributed by atoms with van der Waals surface area (Å²) in [5, 5.41) is 10.2. The number of hydrogen-bond acceptors (Lipinski definition) is 2. The van der Waals surface area contributed by atoms with Crippen LogP contribution < -0.4 is 0 Å². The van der Waals surface area contributed by atoms with E-state index in [1.807, 2.05) is 0 Å². The molecule has 0 aliphatic heterocycles. The molecule has 2 aliphatic rings. The van der Waals surface area contributed by atoms with Gasteiger partial charge >= 0.3 is 0 Å². The molecule has 0 saturated heterocycles. The van der Waals surface area contributed by atoms with Crippen LogP contribution in [0.3, 0.4) is 0 Å². The van der Waals surface area contributed by atoms with Crippen LogP contribution in [0.25, 0.3) is 0 Å². The molecule has 2 heteroatoms. The Kier molecular flexibility index (Phi) is 2.47. The van der Waals surface area contributed by atoms with E-state index in [4.69, 9.17) is 4.74 Å². The summed E-state index contributed by atoms with van der Waals surface area (Å²) in [4.78, 5) is 0. The average Bonchev–Trinajstić information content (AvgIpc) is 2.68. The van der Waals surface area contributed by atoms with Crippen LogP contribution in [0.4, 0.5) is 0 Å². The van der Waals surface area contributed by atoms with Crippen molar-refractivity contribution in [3.63, 3.8) is 0 Å². The maximum absolute atomic E-state index is 10.2. The third kappa shape index (κ3) is 1.31. The van der Waals surface area contributed by atoms with Crippen molar-refractivity contribution in [2.24, 2.45) is 16.7 Å². The van der Waals surface area contributed by atoms with E-state index in [0.717, 1.165) is 12.8 Å². The lowest BCUT2D eigenvalue weighted by Crippen LogP contribution is -2.39. The zero-order valence-electron chi connectivity index (χ0n) is 10.0. The fraction of sp³-hybridized carbons (Fsp3) is 0.846. The van der Waals surface area contributed by atoms with Gasteiger partial charge in [-0.15, -0.1) is 0 Å². The Morgan fingerprint density at radius 2 is 2.27 bits per heavy atom. The lowest BCUT2D eigenvalue weighted by atomic mass is 9.66. The van der Waals surface area contributed by atoms with Crippen LogP contribution in [0.15, 0.2) is 12.2 Å². The molecule has 0 aromatic heterocycles. The van der Waals surface area contributed by atoms with Crippen LogP contribution in [-0.4, -0.2) is 24.9 Å². The van der Waals surface area contributed by atoms with Crippen molar-refractivity contribution < 1.29 is 9.84 Å². The van der Waals surface area contributed by atoms with E-state index in [9.17, 15) is 5.11 Å². The third-order valence-corrected chi connectivity index (χ3v) is 4.91. The van der Waals surface area contributed by atoms with Gasteiger partial charge in [0.1, 0.15) is 0 Å². The third-order valence-electron chi connectivity index (χ3n) is 4.91. The number of aliphatic hydroxyl groups excluding tert-OH is 1. The summed E-state index contributed by atoms with van der Waals surface area (Å²) in [6, 6.07) is 0. The number of hydrogen-bond donors (Lipinski definition) is 1. The molecule has 0 amide bonds. The highest BCUT2D eigenvalue weighted by Crippen LogP contribution is 2.66. The Morgan fingerprint density at radius 3 is 2.73 bits per heavy atom. The molecule has 15 heavy (non-hydrogen) atoms. The Labute approximate surface area is 92.3 Å². The molecule has 2 rings (SSSR count). The first-order valence-corrected chi connectivity index (χ1v) is 5.82. The van der Waals surface area contributed by atoms with Crippen molar-refractivity contribution in [1.82, 2.24) is 0 Å². The van der Waals surface area contributed by atoms with Crippen molar-refractivity contribution >= 4 is 0 Å². The highest BCUT2D eigenvalue weighted by Gasteiger charge is 2.59. The topological polar surface area (TPSA) is 29.5 Å². The van der Waals surface area contributed by atoms with E-state index in [1.165, 1.54) is 12.0 Å². The van der Waals surface area contributed by atoms with Gasteiger partial charge in [-0.3, -0.25) is 0 Å². The lowest BCUT2D eigenvalue weighted by molar-refractivity contribution is -0.00882. The predicted molar refractivity (Wildman–Crippen MR) is 60.6 cm³/mol. The van der Waals surface area contributed by atoms with Crippen LogP contribution in [0.2, 0.25) is 0 Å². The molecule has 2 fully saturated rings.